The Balaban J connectivity index is 1.59. The van der Waals surface area contributed by atoms with Crippen molar-refractivity contribution < 1.29 is 14.3 Å². The number of carbonyl (C=O) groups excluding carboxylic acids is 2. The molecule has 1 aromatic heterocycles. The van der Waals surface area contributed by atoms with Crippen molar-refractivity contribution in [3.63, 3.8) is 0 Å². The van der Waals surface area contributed by atoms with E-state index in [1.54, 1.807) is 24.3 Å². The summed E-state index contributed by atoms with van der Waals surface area (Å²) >= 11 is 0. The Morgan fingerprint density at radius 3 is 2.46 bits per heavy atom. The van der Waals surface area contributed by atoms with Crippen LogP contribution in [0.25, 0.3) is 10.8 Å². The monoisotopic (exact) mass is 387 g/mol. The van der Waals surface area contributed by atoms with Crippen molar-refractivity contribution in [1.29, 1.82) is 0 Å². The van der Waals surface area contributed by atoms with Crippen LogP contribution >= 0.6 is 0 Å². The number of rotatable bonds is 4. The molecule has 2 atom stereocenters. The summed E-state index contributed by atoms with van der Waals surface area (Å²) in [4.78, 5) is 38.9. The number of nitrogens with zero attached hydrogens (tertiary/aromatic N) is 3. The van der Waals surface area contributed by atoms with Crippen molar-refractivity contribution in [1.82, 2.24) is 25.5 Å². The highest BCUT2D eigenvalue weighted by Crippen LogP contribution is 2.13. The molecule has 0 saturated carbocycles. The number of nitrogens with one attached hydrogen (secondary N) is 2. The average molecular weight is 387 g/mol. The molecule has 1 saturated heterocycles. The van der Waals surface area contributed by atoms with Crippen LogP contribution in [-0.4, -0.2) is 58.3 Å². The maximum Gasteiger partial charge on any atom is 0.290 e. The molecule has 1 aromatic carbocycles. The molecule has 1 aliphatic rings. The lowest BCUT2D eigenvalue weighted by atomic mass is 10.1. The molecular weight excluding hydrogens is 362 g/mol. The van der Waals surface area contributed by atoms with E-state index in [1.807, 2.05) is 13.8 Å². The van der Waals surface area contributed by atoms with Crippen LogP contribution in [0, 0.1) is 0 Å². The van der Waals surface area contributed by atoms with E-state index in [4.69, 9.17) is 4.74 Å². The van der Waals surface area contributed by atoms with E-state index in [2.05, 4.69) is 20.9 Å². The maximum absolute atomic E-state index is 12.5. The van der Waals surface area contributed by atoms with Gasteiger partial charge in [-0.3, -0.25) is 30.1 Å². The predicted octanol–water partition coefficient (Wildman–Crippen LogP) is 0.194. The minimum Gasteiger partial charge on any atom is -0.373 e. The van der Waals surface area contributed by atoms with Gasteiger partial charge in [-0.25, -0.2) is 4.68 Å². The van der Waals surface area contributed by atoms with Crippen molar-refractivity contribution >= 4 is 22.6 Å². The second kappa shape index (κ2) is 8.49. The van der Waals surface area contributed by atoms with Gasteiger partial charge in [0, 0.05) is 38.5 Å². The third kappa shape index (κ3) is 4.55. The zero-order valence-corrected chi connectivity index (χ0v) is 16.3. The molecule has 9 nitrogen and oxygen atoms in total. The van der Waals surface area contributed by atoms with Crippen LogP contribution in [0.4, 0.5) is 0 Å². The summed E-state index contributed by atoms with van der Waals surface area (Å²) in [5, 5.41) is 4.87. The highest BCUT2D eigenvalue weighted by Gasteiger charge is 2.22. The summed E-state index contributed by atoms with van der Waals surface area (Å²) in [6.07, 6.45) is 0.521. The van der Waals surface area contributed by atoms with Crippen molar-refractivity contribution in [2.45, 2.75) is 32.5 Å². The van der Waals surface area contributed by atoms with Gasteiger partial charge >= 0.3 is 0 Å². The molecule has 0 spiro atoms. The molecule has 2 aromatic rings. The van der Waals surface area contributed by atoms with Gasteiger partial charge in [0.25, 0.3) is 11.5 Å². The van der Waals surface area contributed by atoms with Gasteiger partial charge in [0.05, 0.1) is 17.6 Å². The SMILES string of the molecule is C[C@H]1CN(CCC(=O)NNC(=O)c2nn(C)c(=O)c3ccccc23)C[C@H](C)O1. The fourth-order valence-electron chi connectivity index (χ4n) is 3.44. The number of benzene rings is 1. The highest BCUT2D eigenvalue weighted by atomic mass is 16.5. The van der Waals surface area contributed by atoms with E-state index in [0.29, 0.717) is 17.3 Å². The molecule has 2 N–H and O–H groups in total. The quantitative estimate of drug-likeness (QED) is 0.726. The Morgan fingerprint density at radius 1 is 1.14 bits per heavy atom. The third-order valence-corrected chi connectivity index (χ3v) is 4.64. The molecule has 0 aliphatic carbocycles. The topological polar surface area (TPSA) is 106 Å². The molecule has 28 heavy (non-hydrogen) atoms. The van der Waals surface area contributed by atoms with Crippen molar-refractivity contribution in [2.24, 2.45) is 7.05 Å². The lowest BCUT2D eigenvalue weighted by molar-refractivity contribution is -0.123. The van der Waals surface area contributed by atoms with Gasteiger partial charge < -0.3 is 4.74 Å². The number of hydrazine groups is 1. The first-order valence-corrected chi connectivity index (χ1v) is 9.28. The predicted molar refractivity (Wildman–Crippen MR) is 104 cm³/mol. The van der Waals surface area contributed by atoms with Crippen LogP contribution in [0.15, 0.2) is 29.1 Å². The summed E-state index contributed by atoms with van der Waals surface area (Å²) in [7, 11) is 1.48. The van der Waals surface area contributed by atoms with E-state index in [0.717, 1.165) is 17.8 Å². The number of aromatic nitrogens is 2. The van der Waals surface area contributed by atoms with Crippen LogP contribution in [-0.2, 0) is 16.6 Å². The Kier molecular flexibility index (Phi) is 6.05. The minimum atomic E-state index is -0.575. The van der Waals surface area contributed by atoms with Gasteiger partial charge in [0.1, 0.15) is 0 Å². The molecule has 150 valence electrons. The minimum absolute atomic E-state index is 0.0776. The average Bonchev–Trinajstić information content (AvgIpc) is 2.66. The van der Waals surface area contributed by atoms with Crippen molar-refractivity contribution in [2.75, 3.05) is 19.6 Å². The second-order valence-electron chi connectivity index (χ2n) is 7.09. The first-order chi connectivity index (χ1) is 13.3. The van der Waals surface area contributed by atoms with Crippen LogP contribution in [0.5, 0.6) is 0 Å². The standard InChI is InChI=1S/C19H25N5O4/c1-12-10-24(11-13(2)28-12)9-8-16(25)20-21-18(26)17-14-6-4-5-7-15(14)19(27)23(3)22-17/h4-7,12-13H,8-11H2,1-3H3,(H,20,25)(H,21,26)/t12-,13-/m0/s1. The van der Waals surface area contributed by atoms with E-state index in [9.17, 15) is 14.4 Å². The van der Waals surface area contributed by atoms with Gasteiger partial charge in [-0.05, 0) is 19.9 Å². The number of hydrogen-bond donors (Lipinski definition) is 2. The number of aryl methyl sites for hydroxylation is 1. The second-order valence-corrected chi connectivity index (χ2v) is 7.09. The molecule has 2 amide bonds. The van der Waals surface area contributed by atoms with E-state index in [1.165, 1.54) is 7.05 Å². The number of amides is 2. The van der Waals surface area contributed by atoms with Crippen molar-refractivity contribution in [3.05, 3.63) is 40.3 Å². The molecule has 9 heteroatoms. The van der Waals surface area contributed by atoms with Crippen LogP contribution in [0.3, 0.4) is 0 Å². The van der Waals surface area contributed by atoms with Crippen molar-refractivity contribution in [3.8, 4) is 0 Å². The molecule has 3 rings (SSSR count). The number of morpholine rings is 1. The normalized spacial score (nSPS) is 20.1. The third-order valence-electron chi connectivity index (χ3n) is 4.64. The fraction of sp³-hybridized carbons (Fsp3) is 0.474. The van der Waals surface area contributed by atoms with Gasteiger partial charge in [-0.2, -0.15) is 5.10 Å². The van der Waals surface area contributed by atoms with Gasteiger partial charge in [0.15, 0.2) is 5.69 Å². The zero-order chi connectivity index (χ0) is 20.3. The van der Waals surface area contributed by atoms with E-state index < -0.39 is 5.91 Å². The summed E-state index contributed by atoms with van der Waals surface area (Å²) in [6, 6.07) is 6.74. The molecule has 2 heterocycles. The lowest BCUT2D eigenvalue weighted by Crippen LogP contribution is -2.47. The Morgan fingerprint density at radius 2 is 1.79 bits per heavy atom. The van der Waals surface area contributed by atoms with Crippen LogP contribution in [0.2, 0.25) is 0 Å². The molecule has 0 unspecified atom stereocenters. The number of ether oxygens (including phenoxy) is 1. The summed E-state index contributed by atoms with van der Waals surface area (Å²) in [5.74, 6) is -0.872. The fourth-order valence-corrected chi connectivity index (χ4v) is 3.44. The first-order valence-electron chi connectivity index (χ1n) is 9.28. The lowest BCUT2D eigenvalue weighted by Gasteiger charge is -2.35. The Labute approximate surface area is 162 Å². The highest BCUT2D eigenvalue weighted by molar-refractivity contribution is 6.05. The molecular formula is C19H25N5O4. The number of hydrogen-bond acceptors (Lipinski definition) is 6. The van der Waals surface area contributed by atoms with Crippen LogP contribution in [0.1, 0.15) is 30.8 Å². The largest absolute Gasteiger partial charge is 0.373 e. The molecule has 0 radical (unpaired) electrons. The maximum atomic E-state index is 12.5. The first kappa shape index (κ1) is 20.0. The molecule has 0 bridgehead atoms. The van der Waals surface area contributed by atoms with Gasteiger partial charge in [-0.1, -0.05) is 18.2 Å². The summed E-state index contributed by atoms with van der Waals surface area (Å²) in [5.41, 5.74) is 4.59. The van der Waals surface area contributed by atoms with E-state index >= 15 is 0 Å². The van der Waals surface area contributed by atoms with Gasteiger partial charge in [0.2, 0.25) is 5.91 Å². The number of fused-ring (bicyclic) bond motifs is 1. The van der Waals surface area contributed by atoms with Gasteiger partial charge in [-0.15, -0.1) is 0 Å². The zero-order valence-electron chi connectivity index (χ0n) is 16.3. The smallest absolute Gasteiger partial charge is 0.290 e. The summed E-state index contributed by atoms with van der Waals surface area (Å²) in [6.45, 7) is 6.15. The Bertz CT molecular complexity index is 932. The van der Waals surface area contributed by atoms with Crippen LogP contribution < -0.4 is 16.4 Å². The number of carbonyl (C=O) groups is 2. The Hall–Kier alpha value is -2.78. The molecule has 1 fully saturated rings. The molecule has 1 aliphatic heterocycles. The van der Waals surface area contributed by atoms with E-state index in [-0.39, 0.29) is 35.8 Å². The summed E-state index contributed by atoms with van der Waals surface area (Å²) < 4.78 is 6.78.